The van der Waals surface area contributed by atoms with E-state index < -0.39 is 0 Å². The van der Waals surface area contributed by atoms with E-state index >= 15 is 0 Å². The van der Waals surface area contributed by atoms with Gasteiger partial charge in [-0.25, -0.2) is 0 Å². The van der Waals surface area contributed by atoms with E-state index in [1.54, 1.807) is 0 Å². The van der Waals surface area contributed by atoms with Crippen LogP contribution in [0.15, 0.2) is 0 Å². The molecule has 1 amide bonds. The Morgan fingerprint density at radius 1 is 1.35 bits per heavy atom. The van der Waals surface area contributed by atoms with Crippen LogP contribution in [0.1, 0.15) is 58.8 Å². The molecular weight excluding hydrogens is 290 g/mol. The van der Waals surface area contributed by atoms with Crippen molar-refractivity contribution < 1.29 is 9.53 Å². The lowest BCUT2D eigenvalue weighted by molar-refractivity contribution is -0.124. The maximum absolute atomic E-state index is 12.0. The minimum atomic E-state index is -0.0897. The number of ether oxygens (including phenoxy) is 1. The quantitative estimate of drug-likeness (QED) is 0.598. The summed E-state index contributed by atoms with van der Waals surface area (Å²) in [6.07, 6.45) is 7.39. The fourth-order valence-corrected chi connectivity index (χ4v) is 5.90. The van der Waals surface area contributed by atoms with Gasteiger partial charge < -0.3 is 10.1 Å². The Morgan fingerprint density at radius 2 is 2.20 bits per heavy atom. The van der Waals surface area contributed by atoms with Crippen LogP contribution in [0.25, 0.3) is 0 Å². The number of hydrogen-bond acceptors (Lipinski definition) is 4. The number of rotatable bonds is 6. The van der Waals surface area contributed by atoms with Crippen LogP contribution in [0.4, 0.5) is 0 Å². The fraction of sp³-hybridized carbons (Fsp3) is 0.933. The zero-order valence-corrected chi connectivity index (χ0v) is 14.3. The molecule has 116 valence electrons. The van der Waals surface area contributed by atoms with Gasteiger partial charge in [0.15, 0.2) is 0 Å². The average Bonchev–Trinajstić information content (AvgIpc) is 2.86. The largest absolute Gasteiger partial charge is 0.375 e. The molecule has 2 rings (SSSR count). The average molecular weight is 318 g/mol. The third-order valence-electron chi connectivity index (χ3n) is 3.97. The van der Waals surface area contributed by atoms with E-state index in [0.29, 0.717) is 12.5 Å². The van der Waals surface area contributed by atoms with Crippen LogP contribution in [0.5, 0.6) is 0 Å². The number of carbonyl (C=O) groups is 1. The Kier molecular flexibility index (Phi) is 6.56. The number of amides is 1. The van der Waals surface area contributed by atoms with E-state index in [2.05, 4.69) is 19.2 Å². The molecule has 3 nitrogen and oxygen atoms in total. The summed E-state index contributed by atoms with van der Waals surface area (Å²) in [7, 11) is 4.03. The topological polar surface area (TPSA) is 38.3 Å². The second kappa shape index (κ2) is 7.95. The minimum Gasteiger partial charge on any atom is -0.375 e. The summed E-state index contributed by atoms with van der Waals surface area (Å²) in [5.41, 5.74) is -0.0897. The smallest absolute Gasteiger partial charge is 0.220 e. The summed E-state index contributed by atoms with van der Waals surface area (Å²) < 4.78 is 5.68. The van der Waals surface area contributed by atoms with Crippen molar-refractivity contribution in [3.05, 3.63) is 0 Å². The monoisotopic (exact) mass is 317 g/mol. The SMILES string of the molecule is CC1(C)C[C@@H](NC(=O)CCCC[C@H]2CCSS2)CCO1. The predicted octanol–water partition coefficient (Wildman–Crippen LogP) is 3.77. The first-order valence-corrected chi connectivity index (χ1v) is 10.1. The molecule has 0 bridgehead atoms. The molecule has 1 N–H and O–H groups in total. The van der Waals surface area contributed by atoms with Crippen LogP contribution in [0.2, 0.25) is 0 Å². The maximum Gasteiger partial charge on any atom is 0.220 e. The standard InChI is InChI=1S/C15H27NO2S2/c1-15(2)11-12(7-9-18-15)16-14(17)6-4-3-5-13-8-10-19-20-13/h12-13H,3-11H2,1-2H3,(H,16,17)/t12-,13-/m0/s1. The molecule has 20 heavy (non-hydrogen) atoms. The Bertz CT molecular complexity index is 317. The number of carbonyl (C=O) groups excluding carboxylic acids is 1. The molecule has 0 aromatic rings. The molecule has 0 aliphatic carbocycles. The molecule has 2 heterocycles. The predicted molar refractivity (Wildman–Crippen MR) is 88.1 cm³/mol. The Balaban J connectivity index is 1.55. The molecule has 0 unspecified atom stereocenters. The van der Waals surface area contributed by atoms with Crippen LogP contribution >= 0.6 is 21.6 Å². The lowest BCUT2D eigenvalue weighted by Gasteiger charge is -2.35. The lowest BCUT2D eigenvalue weighted by atomic mass is 9.94. The van der Waals surface area contributed by atoms with E-state index in [4.69, 9.17) is 4.74 Å². The normalized spacial score (nSPS) is 29.3. The Labute approximate surface area is 130 Å². The van der Waals surface area contributed by atoms with Crippen LogP contribution in [-0.4, -0.2) is 35.2 Å². The maximum atomic E-state index is 12.0. The molecule has 0 radical (unpaired) electrons. The Morgan fingerprint density at radius 3 is 2.90 bits per heavy atom. The van der Waals surface area contributed by atoms with Gasteiger partial charge in [0.2, 0.25) is 5.91 Å². The van der Waals surface area contributed by atoms with Gasteiger partial charge in [-0.3, -0.25) is 4.79 Å². The molecule has 0 saturated carbocycles. The van der Waals surface area contributed by atoms with E-state index in [-0.39, 0.29) is 11.5 Å². The molecule has 2 saturated heterocycles. The summed E-state index contributed by atoms with van der Waals surface area (Å²) >= 11 is 0. The highest BCUT2D eigenvalue weighted by Gasteiger charge is 2.29. The van der Waals surface area contributed by atoms with Crippen molar-refractivity contribution in [3.63, 3.8) is 0 Å². The van der Waals surface area contributed by atoms with Gasteiger partial charge in [0.1, 0.15) is 0 Å². The molecule has 2 aliphatic heterocycles. The first-order chi connectivity index (χ1) is 9.55. The van der Waals surface area contributed by atoms with Crippen LogP contribution in [0, 0.1) is 0 Å². The van der Waals surface area contributed by atoms with E-state index in [0.717, 1.165) is 31.1 Å². The first kappa shape index (κ1) is 16.5. The molecule has 0 aromatic carbocycles. The van der Waals surface area contributed by atoms with Crippen molar-refractivity contribution in [2.45, 2.75) is 75.7 Å². The number of unbranched alkanes of at least 4 members (excludes halogenated alkanes) is 1. The zero-order chi connectivity index (χ0) is 14.4. The minimum absolute atomic E-state index is 0.0897. The molecule has 2 atom stereocenters. The second-order valence-electron chi connectivity index (χ2n) is 6.44. The van der Waals surface area contributed by atoms with Crippen molar-refractivity contribution >= 4 is 27.5 Å². The summed E-state index contributed by atoms with van der Waals surface area (Å²) in [5.74, 6) is 1.52. The molecule has 2 fully saturated rings. The highest BCUT2D eigenvalue weighted by Crippen LogP contribution is 2.39. The zero-order valence-electron chi connectivity index (χ0n) is 12.7. The highest BCUT2D eigenvalue weighted by molar-refractivity contribution is 8.77. The number of hydrogen-bond donors (Lipinski definition) is 1. The summed E-state index contributed by atoms with van der Waals surface area (Å²) in [5, 5.41) is 4.01. The summed E-state index contributed by atoms with van der Waals surface area (Å²) in [4.78, 5) is 12.0. The van der Waals surface area contributed by atoms with Crippen LogP contribution < -0.4 is 5.32 Å². The van der Waals surface area contributed by atoms with Gasteiger partial charge in [-0.05, 0) is 46.0 Å². The molecular formula is C15H27NO2S2. The highest BCUT2D eigenvalue weighted by atomic mass is 33.1. The molecule has 0 aromatic heterocycles. The van der Waals surface area contributed by atoms with Gasteiger partial charge in [0.25, 0.3) is 0 Å². The van der Waals surface area contributed by atoms with Crippen molar-refractivity contribution in [1.29, 1.82) is 0 Å². The van der Waals surface area contributed by atoms with Gasteiger partial charge in [-0.15, -0.1) is 0 Å². The number of nitrogens with one attached hydrogen (secondary N) is 1. The summed E-state index contributed by atoms with van der Waals surface area (Å²) in [6, 6.07) is 0.299. The molecule has 2 aliphatic rings. The second-order valence-corrected chi connectivity index (χ2v) is 9.23. The van der Waals surface area contributed by atoms with Crippen LogP contribution in [-0.2, 0) is 9.53 Å². The Hall–Kier alpha value is 0.130. The third-order valence-corrected chi connectivity index (χ3v) is 6.98. The van der Waals surface area contributed by atoms with Crippen molar-refractivity contribution in [2.75, 3.05) is 12.4 Å². The van der Waals surface area contributed by atoms with Gasteiger partial charge >= 0.3 is 0 Å². The van der Waals surface area contributed by atoms with Crippen molar-refractivity contribution in [2.24, 2.45) is 0 Å². The van der Waals surface area contributed by atoms with Crippen molar-refractivity contribution in [1.82, 2.24) is 5.32 Å². The van der Waals surface area contributed by atoms with E-state index in [1.807, 2.05) is 21.6 Å². The summed E-state index contributed by atoms with van der Waals surface area (Å²) in [6.45, 7) is 4.96. The molecule has 0 spiro atoms. The van der Waals surface area contributed by atoms with Gasteiger partial charge in [0, 0.05) is 30.1 Å². The van der Waals surface area contributed by atoms with Crippen molar-refractivity contribution in [3.8, 4) is 0 Å². The van der Waals surface area contributed by atoms with Gasteiger partial charge in [-0.2, -0.15) is 0 Å². The lowest BCUT2D eigenvalue weighted by Crippen LogP contribution is -2.45. The fourth-order valence-electron chi connectivity index (χ4n) is 2.88. The van der Waals surface area contributed by atoms with E-state index in [1.165, 1.54) is 25.0 Å². The van der Waals surface area contributed by atoms with Gasteiger partial charge in [-0.1, -0.05) is 28.0 Å². The third kappa shape index (κ3) is 5.86. The van der Waals surface area contributed by atoms with Crippen LogP contribution in [0.3, 0.4) is 0 Å². The first-order valence-electron chi connectivity index (χ1n) is 7.77. The van der Waals surface area contributed by atoms with E-state index in [9.17, 15) is 4.79 Å². The molecule has 5 heteroatoms. The van der Waals surface area contributed by atoms with Gasteiger partial charge in [0.05, 0.1) is 5.60 Å².